The molecule has 1 aromatic carbocycles. The van der Waals surface area contributed by atoms with Crippen molar-refractivity contribution in [2.24, 2.45) is 0 Å². The van der Waals surface area contributed by atoms with Crippen molar-refractivity contribution in [3.63, 3.8) is 0 Å². The van der Waals surface area contributed by atoms with Gasteiger partial charge in [0.05, 0.1) is 29.8 Å². The molecule has 0 radical (unpaired) electrons. The predicted octanol–water partition coefficient (Wildman–Crippen LogP) is 5.48. The van der Waals surface area contributed by atoms with E-state index in [0.29, 0.717) is 52.0 Å². The van der Waals surface area contributed by atoms with Crippen molar-refractivity contribution in [2.75, 3.05) is 43.9 Å². The van der Waals surface area contributed by atoms with Crippen LogP contribution in [0.25, 0.3) is 10.6 Å². The predicted molar refractivity (Wildman–Crippen MR) is 144 cm³/mol. The van der Waals surface area contributed by atoms with Gasteiger partial charge >= 0.3 is 6.18 Å². The number of anilines is 2. The second kappa shape index (κ2) is 9.76. The maximum Gasteiger partial charge on any atom is 0.420 e. The summed E-state index contributed by atoms with van der Waals surface area (Å²) < 4.78 is 47.5. The average Bonchev–Trinajstić information content (AvgIpc) is 3.62. The van der Waals surface area contributed by atoms with Gasteiger partial charge in [-0.3, -0.25) is 4.79 Å². The molecule has 0 unspecified atom stereocenters. The van der Waals surface area contributed by atoms with Crippen molar-refractivity contribution in [2.45, 2.75) is 41.8 Å². The van der Waals surface area contributed by atoms with E-state index in [9.17, 15) is 18.0 Å². The van der Waals surface area contributed by atoms with Crippen molar-refractivity contribution >= 4 is 40.6 Å². The van der Waals surface area contributed by atoms with Crippen molar-refractivity contribution in [1.82, 2.24) is 20.2 Å². The lowest BCUT2D eigenvalue weighted by molar-refractivity contribution is -0.137. The first-order valence-electron chi connectivity index (χ1n) is 13.1. The zero-order chi connectivity index (χ0) is 26.7. The van der Waals surface area contributed by atoms with Gasteiger partial charge in [0.2, 0.25) is 5.95 Å². The van der Waals surface area contributed by atoms with Crippen LogP contribution in [0.2, 0.25) is 0 Å². The summed E-state index contributed by atoms with van der Waals surface area (Å²) in [5.74, 6) is 1.55. The van der Waals surface area contributed by atoms with Gasteiger partial charge in [0.1, 0.15) is 10.4 Å². The number of carbonyl (C=O) groups excluding carboxylic acids is 1. The smallest absolute Gasteiger partial charge is 0.377 e. The lowest BCUT2D eigenvalue weighted by atomic mass is 9.91. The van der Waals surface area contributed by atoms with E-state index in [2.05, 4.69) is 32.7 Å². The molecule has 0 atom stereocenters. The third kappa shape index (κ3) is 4.81. The summed E-state index contributed by atoms with van der Waals surface area (Å²) in [7, 11) is 0. The molecule has 3 aromatic rings. The fourth-order valence-corrected chi connectivity index (χ4v) is 7.46. The third-order valence-corrected chi connectivity index (χ3v) is 10.0. The lowest BCUT2D eigenvalue weighted by Crippen LogP contribution is -2.52. The highest BCUT2D eigenvalue weighted by atomic mass is 32.2. The molecule has 39 heavy (non-hydrogen) atoms. The second-order valence-electron chi connectivity index (χ2n) is 10.4. The van der Waals surface area contributed by atoms with E-state index in [-0.39, 0.29) is 23.6 Å². The molecule has 1 amide bonds. The number of thioether (sulfide) groups is 1. The highest BCUT2D eigenvalue weighted by molar-refractivity contribution is 7.99. The van der Waals surface area contributed by atoms with Crippen LogP contribution in [0.1, 0.15) is 51.0 Å². The summed E-state index contributed by atoms with van der Waals surface area (Å²) in [6.45, 7) is 3.48. The maximum absolute atomic E-state index is 14.1. The van der Waals surface area contributed by atoms with Crippen molar-refractivity contribution in [3.8, 4) is 10.6 Å². The highest BCUT2D eigenvalue weighted by Gasteiger charge is 2.38. The minimum absolute atomic E-state index is 0.0165. The van der Waals surface area contributed by atoms with Gasteiger partial charge in [0, 0.05) is 48.1 Å². The normalized spacial score (nSPS) is 20.3. The van der Waals surface area contributed by atoms with Gasteiger partial charge < -0.3 is 20.3 Å². The quantitative estimate of drug-likeness (QED) is 0.405. The summed E-state index contributed by atoms with van der Waals surface area (Å²) in [5, 5.41) is 6.51. The van der Waals surface area contributed by atoms with E-state index < -0.39 is 11.7 Å². The van der Waals surface area contributed by atoms with E-state index >= 15 is 0 Å². The van der Waals surface area contributed by atoms with Crippen LogP contribution in [0.5, 0.6) is 0 Å². The van der Waals surface area contributed by atoms with Gasteiger partial charge in [-0.2, -0.15) is 13.2 Å². The van der Waals surface area contributed by atoms with Crippen LogP contribution in [0.3, 0.4) is 0 Å². The second-order valence-corrected chi connectivity index (χ2v) is 12.6. The first-order chi connectivity index (χ1) is 18.8. The summed E-state index contributed by atoms with van der Waals surface area (Å²) in [5.41, 5.74) is 2.14. The van der Waals surface area contributed by atoms with Crippen molar-refractivity contribution in [3.05, 3.63) is 52.0 Å². The number of aromatic nitrogens is 2. The number of nitrogens with zero attached hydrogens (tertiary/aromatic N) is 3. The molecule has 7 rings (SSSR count). The minimum atomic E-state index is -4.64. The number of alkyl halides is 3. The molecule has 3 fully saturated rings. The summed E-state index contributed by atoms with van der Waals surface area (Å²) in [6, 6.07) is 7.96. The molecule has 7 nitrogen and oxygen atoms in total. The first kappa shape index (κ1) is 25.3. The number of amides is 1. The van der Waals surface area contributed by atoms with Crippen molar-refractivity contribution < 1.29 is 22.7 Å². The Morgan fingerprint density at radius 2 is 1.95 bits per heavy atom. The first-order valence-corrected chi connectivity index (χ1v) is 14.9. The topological polar surface area (TPSA) is 79.4 Å². The molecule has 0 spiro atoms. The fraction of sp³-hybridized carbons (Fsp3) is 0.444. The fourth-order valence-electron chi connectivity index (χ4n) is 5.15. The Labute approximate surface area is 231 Å². The van der Waals surface area contributed by atoms with Gasteiger partial charge in [0.15, 0.2) is 0 Å². The average molecular weight is 574 g/mol. The maximum atomic E-state index is 14.1. The van der Waals surface area contributed by atoms with Crippen LogP contribution < -0.4 is 10.6 Å². The van der Waals surface area contributed by atoms with E-state index in [1.54, 1.807) is 11.0 Å². The minimum Gasteiger partial charge on any atom is -0.377 e. The van der Waals surface area contributed by atoms with Crippen LogP contribution in [-0.4, -0.2) is 65.4 Å². The Bertz CT molecular complexity index is 1430. The Morgan fingerprint density at radius 1 is 1.13 bits per heavy atom. The molecule has 5 heterocycles. The van der Waals surface area contributed by atoms with Gasteiger partial charge in [-0.15, -0.1) is 23.1 Å². The van der Waals surface area contributed by atoms with Gasteiger partial charge in [-0.25, -0.2) is 9.97 Å². The van der Waals surface area contributed by atoms with Crippen LogP contribution >= 0.6 is 23.1 Å². The van der Waals surface area contributed by atoms with E-state index in [4.69, 9.17) is 4.74 Å². The Kier molecular flexibility index (Phi) is 6.33. The number of fused-ring (bicyclic) bond motifs is 1. The number of carbonyl (C=O) groups is 1. The lowest BCUT2D eigenvalue weighted by Gasteiger charge is -2.36. The molecule has 3 aliphatic heterocycles. The summed E-state index contributed by atoms with van der Waals surface area (Å²) in [6.07, 6.45) is -1.61. The van der Waals surface area contributed by atoms with E-state index in [1.807, 2.05) is 6.07 Å². The molecule has 0 bridgehead atoms. The molecule has 4 aliphatic rings. The number of benzene rings is 1. The van der Waals surface area contributed by atoms with Gasteiger partial charge in [-0.1, -0.05) is 12.1 Å². The Morgan fingerprint density at radius 3 is 2.62 bits per heavy atom. The SMILES string of the molecule is O=C1c2sc(-c3nc(Nc4ccc(C5CNC5)cc4C4CC4)ncc3C(F)(F)F)cc2SCCN1C1COC1. The third-order valence-electron chi connectivity index (χ3n) is 7.72. The number of hydrogen-bond donors (Lipinski definition) is 2. The number of hydrogen-bond acceptors (Lipinski definition) is 8. The molecule has 1 aliphatic carbocycles. The standard InChI is InChI=1S/C27H26F3N5O2S2/c28-27(29,30)19-11-32-26(33-20-4-3-15(16-9-31-10-16)7-18(20)14-1-2-14)34-23(19)21-8-22-24(39-21)25(36)35(5-6-38-22)17-12-37-13-17/h3-4,7-8,11,14,16-17,31H,1-2,5-6,9-10,12-13H2,(H,32,33,34). The van der Waals surface area contributed by atoms with Crippen LogP contribution in [-0.2, 0) is 10.9 Å². The molecular weight excluding hydrogens is 547 g/mol. The number of ether oxygens (including phenoxy) is 1. The van der Waals surface area contributed by atoms with Crippen molar-refractivity contribution in [1.29, 1.82) is 0 Å². The zero-order valence-corrected chi connectivity index (χ0v) is 22.5. The van der Waals surface area contributed by atoms with E-state index in [1.165, 1.54) is 17.3 Å². The molecule has 12 heteroatoms. The molecule has 1 saturated carbocycles. The van der Waals surface area contributed by atoms with Gasteiger partial charge in [0.25, 0.3) is 5.91 Å². The van der Waals surface area contributed by atoms with Crippen LogP contribution in [0.15, 0.2) is 35.4 Å². The van der Waals surface area contributed by atoms with E-state index in [0.717, 1.165) is 54.7 Å². The molecule has 2 saturated heterocycles. The number of nitrogens with one attached hydrogen (secondary N) is 2. The molecule has 2 N–H and O–H groups in total. The zero-order valence-electron chi connectivity index (χ0n) is 20.9. The monoisotopic (exact) mass is 573 g/mol. The number of halogens is 3. The largest absolute Gasteiger partial charge is 0.420 e. The highest BCUT2D eigenvalue weighted by Crippen LogP contribution is 2.46. The Hall–Kier alpha value is -2.67. The van der Waals surface area contributed by atoms with Gasteiger partial charge in [-0.05, 0) is 42.0 Å². The summed E-state index contributed by atoms with van der Waals surface area (Å²) >= 11 is 2.56. The summed E-state index contributed by atoms with van der Waals surface area (Å²) in [4.78, 5) is 25.0. The number of rotatable bonds is 6. The Balaban J connectivity index is 1.24. The molecular formula is C27H26F3N5O2S2. The molecule has 204 valence electrons. The molecule has 2 aromatic heterocycles. The van der Waals surface area contributed by atoms with Crippen LogP contribution in [0, 0.1) is 0 Å². The van der Waals surface area contributed by atoms with Crippen LogP contribution in [0.4, 0.5) is 24.8 Å². The number of thiophene rings is 1.